The lowest BCUT2D eigenvalue weighted by molar-refractivity contribution is -0.124. The predicted octanol–water partition coefficient (Wildman–Crippen LogP) is 2.29. The van der Waals surface area contributed by atoms with Crippen molar-refractivity contribution >= 4 is 27.6 Å². The number of aryl methyl sites for hydroxylation is 1. The van der Waals surface area contributed by atoms with E-state index in [9.17, 15) is 18.0 Å². The second kappa shape index (κ2) is 8.91. The van der Waals surface area contributed by atoms with Gasteiger partial charge in [-0.05, 0) is 48.7 Å². The number of hydrogen-bond acceptors (Lipinski definition) is 5. The molecule has 1 N–H and O–H groups in total. The molecule has 0 fully saturated rings. The summed E-state index contributed by atoms with van der Waals surface area (Å²) in [5, 5.41) is 2.49. The number of carbonyl (C=O) groups is 2. The number of carbonyl (C=O) groups excluding carboxylic acids is 2. The molecular formula is C21H22N2O5S. The number of fused-ring (bicyclic) bond motifs is 1. The van der Waals surface area contributed by atoms with Gasteiger partial charge in [0.1, 0.15) is 0 Å². The highest BCUT2D eigenvalue weighted by molar-refractivity contribution is 7.92. The van der Waals surface area contributed by atoms with Crippen molar-refractivity contribution in [3.05, 3.63) is 72.3 Å². The molecule has 0 saturated heterocycles. The maximum atomic E-state index is 13.1. The summed E-state index contributed by atoms with van der Waals surface area (Å²) in [7, 11) is -3.75. The quantitative estimate of drug-likeness (QED) is 0.554. The van der Waals surface area contributed by atoms with Gasteiger partial charge in [0.05, 0.1) is 16.1 Å². The van der Waals surface area contributed by atoms with Crippen LogP contribution in [0.15, 0.2) is 66.1 Å². The SMILES string of the molecule is C=CCNC(=O)COC(=O)c1ccc(S(=O)(=O)N2CCCc3ccccc32)cc1. The minimum atomic E-state index is -3.75. The number of hydrogen-bond donors (Lipinski definition) is 1. The highest BCUT2D eigenvalue weighted by Crippen LogP contribution is 2.31. The van der Waals surface area contributed by atoms with Crippen LogP contribution in [-0.2, 0) is 26.0 Å². The minimum absolute atomic E-state index is 0.0921. The summed E-state index contributed by atoms with van der Waals surface area (Å²) in [5.74, 6) is -1.15. The number of rotatable bonds is 7. The van der Waals surface area contributed by atoms with Crippen molar-refractivity contribution < 1.29 is 22.7 Å². The molecule has 0 atom stereocenters. The average molecular weight is 414 g/mol. The van der Waals surface area contributed by atoms with E-state index < -0.39 is 28.5 Å². The zero-order valence-electron chi connectivity index (χ0n) is 15.8. The number of nitrogens with one attached hydrogen (secondary N) is 1. The van der Waals surface area contributed by atoms with Gasteiger partial charge in [0.2, 0.25) is 0 Å². The molecule has 0 unspecified atom stereocenters. The van der Waals surface area contributed by atoms with E-state index in [1.54, 1.807) is 6.07 Å². The van der Waals surface area contributed by atoms with Gasteiger partial charge in [-0.1, -0.05) is 24.3 Å². The Kier molecular flexibility index (Phi) is 6.33. The highest BCUT2D eigenvalue weighted by Gasteiger charge is 2.29. The number of anilines is 1. The number of ether oxygens (including phenoxy) is 1. The van der Waals surface area contributed by atoms with Gasteiger partial charge in [-0.3, -0.25) is 9.10 Å². The van der Waals surface area contributed by atoms with Crippen molar-refractivity contribution in [1.29, 1.82) is 0 Å². The van der Waals surface area contributed by atoms with Gasteiger partial charge in [0, 0.05) is 13.1 Å². The lowest BCUT2D eigenvalue weighted by Crippen LogP contribution is -2.35. The molecule has 1 heterocycles. The Bertz CT molecular complexity index is 1020. The molecule has 0 bridgehead atoms. The average Bonchev–Trinajstić information content (AvgIpc) is 2.75. The first kappa shape index (κ1) is 20.6. The van der Waals surface area contributed by atoms with Gasteiger partial charge in [0.15, 0.2) is 6.61 Å². The number of amides is 1. The first-order valence-corrected chi connectivity index (χ1v) is 10.6. The summed E-state index contributed by atoms with van der Waals surface area (Å²) in [4.78, 5) is 23.6. The Morgan fingerprint density at radius 3 is 2.59 bits per heavy atom. The van der Waals surface area contributed by atoms with Crippen LogP contribution in [-0.4, -0.2) is 40.0 Å². The fraction of sp³-hybridized carbons (Fsp3) is 0.238. The fourth-order valence-corrected chi connectivity index (χ4v) is 4.63. The van der Waals surface area contributed by atoms with E-state index in [0.717, 1.165) is 18.4 Å². The molecular weight excluding hydrogens is 392 g/mol. The van der Waals surface area contributed by atoms with Crippen LogP contribution in [0.3, 0.4) is 0 Å². The summed E-state index contributed by atoms with van der Waals surface area (Å²) in [6.07, 6.45) is 3.10. The Balaban J connectivity index is 1.72. The molecule has 0 spiro atoms. The summed E-state index contributed by atoms with van der Waals surface area (Å²) < 4.78 is 32.5. The Morgan fingerprint density at radius 2 is 1.86 bits per heavy atom. The van der Waals surface area contributed by atoms with E-state index in [1.165, 1.54) is 34.6 Å². The van der Waals surface area contributed by atoms with Gasteiger partial charge in [-0.15, -0.1) is 6.58 Å². The highest BCUT2D eigenvalue weighted by atomic mass is 32.2. The predicted molar refractivity (Wildman–Crippen MR) is 109 cm³/mol. The third-order valence-electron chi connectivity index (χ3n) is 4.52. The van der Waals surface area contributed by atoms with E-state index in [2.05, 4.69) is 11.9 Å². The van der Waals surface area contributed by atoms with E-state index in [1.807, 2.05) is 18.2 Å². The number of sulfonamides is 1. The topological polar surface area (TPSA) is 92.8 Å². The monoisotopic (exact) mass is 414 g/mol. The molecule has 152 valence electrons. The van der Waals surface area contributed by atoms with Crippen LogP contribution in [0.25, 0.3) is 0 Å². The molecule has 1 aliphatic heterocycles. The Morgan fingerprint density at radius 1 is 1.14 bits per heavy atom. The molecule has 3 rings (SSSR count). The molecule has 0 radical (unpaired) electrons. The molecule has 0 saturated carbocycles. The summed E-state index contributed by atoms with van der Waals surface area (Å²) in [6, 6.07) is 13.0. The smallest absolute Gasteiger partial charge is 0.338 e. The zero-order valence-corrected chi connectivity index (χ0v) is 16.7. The van der Waals surface area contributed by atoms with E-state index in [-0.39, 0.29) is 17.0 Å². The van der Waals surface area contributed by atoms with Crippen LogP contribution in [0.4, 0.5) is 5.69 Å². The molecule has 0 aliphatic carbocycles. The number of para-hydroxylation sites is 1. The molecule has 29 heavy (non-hydrogen) atoms. The van der Waals surface area contributed by atoms with Crippen molar-refractivity contribution in [1.82, 2.24) is 5.32 Å². The van der Waals surface area contributed by atoms with Crippen molar-refractivity contribution in [3.63, 3.8) is 0 Å². The standard InChI is InChI=1S/C21H22N2O5S/c1-2-13-22-20(24)15-28-21(25)17-9-11-18(12-10-17)29(26,27)23-14-5-7-16-6-3-4-8-19(16)23/h2-4,6,8-12H,1,5,7,13-15H2,(H,22,24). The third-order valence-corrected chi connectivity index (χ3v) is 6.35. The summed E-state index contributed by atoms with van der Waals surface area (Å²) in [6.45, 7) is 3.74. The fourth-order valence-electron chi connectivity index (χ4n) is 3.09. The maximum Gasteiger partial charge on any atom is 0.338 e. The largest absolute Gasteiger partial charge is 0.452 e. The first-order chi connectivity index (χ1) is 13.9. The minimum Gasteiger partial charge on any atom is -0.452 e. The Hall–Kier alpha value is -3.13. The van der Waals surface area contributed by atoms with Crippen LogP contribution < -0.4 is 9.62 Å². The maximum absolute atomic E-state index is 13.1. The van der Waals surface area contributed by atoms with Gasteiger partial charge in [0.25, 0.3) is 15.9 Å². The summed E-state index contributed by atoms with van der Waals surface area (Å²) >= 11 is 0. The normalized spacial score (nSPS) is 13.3. The van der Waals surface area contributed by atoms with Crippen LogP contribution in [0.1, 0.15) is 22.3 Å². The van der Waals surface area contributed by atoms with E-state index >= 15 is 0 Å². The van der Waals surface area contributed by atoms with Crippen molar-refractivity contribution in [3.8, 4) is 0 Å². The number of esters is 1. The molecule has 8 heteroatoms. The lowest BCUT2D eigenvalue weighted by Gasteiger charge is -2.30. The molecule has 1 amide bonds. The van der Waals surface area contributed by atoms with E-state index in [0.29, 0.717) is 12.2 Å². The van der Waals surface area contributed by atoms with Gasteiger partial charge in [-0.25, -0.2) is 13.2 Å². The molecule has 1 aliphatic rings. The second-order valence-corrected chi connectivity index (χ2v) is 8.37. The number of nitrogens with zero attached hydrogens (tertiary/aromatic N) is 1. The Labute approximate surface area is 170 Å². The lowest BCUT2D eigenvalue weighted by atomic mass is 10.0. The van der Waals surface area contributed by atoms with Gasteiger partial charge < -0.3 is 10.1 Å². The zero-order chi connectivity index (χ0) is 20.9. The van der Waals surface area contributed by atoms with E-state index in [4.69, 9.17) is 4.74 Å². The number of benzene rings is 2. The molecule has 2 aromatic carbocycles. The van der Waals surface area contributed by atoms with Crippen molar-refractivity contribution in [2.45, 2.75) is 17.7 Å². The third kappa shape index (κ3) is 4.65. The molecule has 0 aromatic heterocycles. The van der Waals surface area contributed by atoms with Crippen LogP contribution in [0.2, 0.25) is 0 Å². The van der Waals surface area contributed by atoms with Gasteiger partial charge >= 0.3 is 5.97 Å². The van der Waals surface area contributed by atoms with Crippen molar-refractivity contribution in [2.75, 3.05) is 24.0 Å². The molecule has 7 nitrogen and oxygen atoms in total. The van der Waals surface area contributed by atoms with Crippen LogP contribution >= 0.6 is 0 Å². The summed E-state index contributed by atoms with van der Waals surface area (Å²) in [5.41, 5.74) is 1.85. The van der Waals surface area contributed by atoms with Crippen molar-refractivity contribution in [2.24, 2.45) is 0 Å². The van der Waals surface area contributed by atoms with Crippen LogP contribution in [0.5, 0.6) is 0 Å². The second-order valence-electron chi connectivity index (χ2n) is 6.50. The molecule has 2 aromatic rings. The van der Waals surface area contributed by atoms with Gasteiger partial charge in [-0.2, -0.15) is 0 Å². The first-order valence-electron chi connectivity index (χ1n) is 9.19. The van der Waals surface area contributed by atoms with Crippen LogP contribution in [0, 0.1) is 0 Å².